The average molecular weight is 1870 g/mol. The molecule has 0 aromatic heterocycles. The number of hydrogen-bond donors (Lipinski definition) is 4. The lowest BCUT2D eigenvalue weighted by molar-refractivity contribution is 0.439. The van der Waals surface area contributed by atoms with Crippen molar-refractivity contribution in [2.75, 3.05) is 0 Å². The van der Waals surface area contributed by atoms with Crippen molar-refractivity contribution in [3.8, 4) is 46.0 Å². The number of rotatable bonds is 20. The molecule has 0 saturated heterocycles. The van der Waals surface area contributed by atoms with E-state index in [1.807, 2.05) is 219 Å². The van der Waals surface area contributed by atoms with Crippen LogP contribution in [-0.2, 0) is 82.9 Å². The highest BCUT2D eigenvalue weighted by molar-refractivity contribution is 8.01. The van der Waals surface area contributed by atoms with E-state index in [9.17, 15) is 51.9 Å². The van der Waals surface area contributed by atoms with Crippen LogP contribution in [0.25, 0.3) is 0 Å². The standard InChI is InChI=1S/2C20H18O5S.2C20H18O3S3.4O3S/c1-14-3-7-16(8-4-14)24-18-11-12-20(26(21,22)23)19(13-18)25-17-9-5-15(2)6-10-17;1-14-3-7-16(8-4-14)24-18-11-12-19(20(13-18)26(21,22)23)25-17-9-5-15(2)6-10-17;1-14-3-7-16(8-4-14)24-18-11-12-20(26(21,22)23)19(13-18)25-17-9-5-15(2)6-10-17;1-14-3-7-16(8-4-14)24-18-11-12-19(20(13-18)26(21,22)23)25-17-9-5-15(2)6-10-17;4*1-4(2)3/h4*3-13H,1-2H3,(H,21,22,23);;;;. The first-order valence-electron chi connectivity index (χ1n) is 33.7. The van der Waals surface area contributed by atoms with Crippen LogP contribution in [0.1, 0.15) is 44.5 Å². The maximum atomic E-state index is 11.9. The number of ether oxygens (including phenoxy) is 4. The summed E-state index contributed by atoms with van der Waals surface area (Å²) in [5.74, 6) is 2.76. The van der Waals surface area contributed by atoms with Crippen LogP contribution in [-0.4, -0.2) is 102 Å². The Morgan fingerprint density at radius 2 is 0.442 bits per heavy atom. The lowest BCUT2D eigenvalue weighted by Crippen LogP contribution is -2.02. The maximum absolute atomic E-state index is 11.9. The van der Waals surface area contributed by atoms with Crippen molar-refractivity contribution in [1.82, 2.24) is 0 Å². The van der Waals surface area contributed by atoms with Gasteiger partial charge in [0.2, 0.25) is 0 Å². The molecule has 120 heavy (non-hydrogen) atoms. The Bertz CT molecular complexity index is 5990. The van der Waals surface area contributed by atoms with Crippen LogP contribution < -0.4 is 18.9 Å². The molecular formula is C80H72O28S12. The molecule has 0 aliphatic heterocycles. The van der Waals surface area contributed by atoms with Crippen LogP contribution in [0.3, 0.4) is 0 Å². The van der Waals surface area contributed by atoms with Crippen molar-refractivity contribution in [3.63, 3.8) is 0 Å². The Hall–Kier alpha value is -10.6. The molecule has 0 unspecified atom stereocenters. The minimum Gasteiger partial charge on any atom is -0.457 e. The van der Waals surface area contributed by atoms with Gasteiger partial charge in [-0.15, -0.1) is 50.5 Å². The van der Waals surface area contributed by atoms with Crippen molar-refractivity contribution in [3.05, 3.63) is 311 Å². The molecule has 28 nitrogen and oxygen atoms in total. The van der Waals surface area contributed by atoms with Gasteiger partial charge in [0.05, 0.1) is 0 Å². The Morgan fingerprint density at radius 1 is 0.208 bits per heavy atom. The summed E-state index contributed by atoms with van der Waals surface area (Å²) in [6.07, 6.45) is 0. The lowest BCUT2D eigenvalue weighted by atomic mass is 10.2. The van der Waals surface area contributed by atoms with Gasteiger partial charge < -0.3 is 18.9 Å². The molecule has 0 saturated carbocycles. The summed E-state index contributed by atoms with van der Waals surface area (Å²) in [7, 11) is -30.0. The monoisotopic (exact) mass is 1860 g/mol. The van der Waals surface area contributed by atoms with E-state index in [0.717, 1.165) is 68.3 Å². The van der Waals surface area contributed by atoms with Crippen LogP contribution >= 0.6 is 47.0 Å². The third kappa shape index (κ3) is 38.6. The van der Waals surface area contributed by atoms with Gasteiger partial charge in [0.25, 0.3) is 40.5 Å². The number of hydrogen-bond acceptors (Lipinski definition) is 28. The molecule has 0 aliphatic rings. The van der Waals surface area contributed by atoms with Crippen LogP contribution in [0.15, 0.2) is 326 Å². The van der Waals surface area contributed by atoms with E-state index in [0.29, 0.717) is 38.5 Å². The summed E-state index contributed by atoms with van der Waals surface area (Å²) in [4.78, 5) is 5.77. The first-order chi connectivity index (χ1) is 56.2. The SMILES string of the molecule is Cc1ccc(Oc2ccc(Oc3ccc(C)cc3)c(S(=O)(=O)O)c2)cc1.Cc1ccc(Oc2ccc(S(=O)(=O)O)c(Oc3ccc(C)cc3)c2)cc1.Cc1ccc(Sc2ccc(S(=O)(=O)O)c(Sc3ccc(C)cc3)c2)cc1.Cc1ccc(Sc2ccc(Sc3ccc(C)cc3)c(S(=O)(=O)O)c2)cc1.O=S(=O)=O.O=S(=O)=O.O=S(=O)=O.O=S(=O)=O. The molecule has 0 bridgehead atoms. The molecule has 0 atom stereocenters. The molecule has 12 aromatic carbocycles. The fourth-order valence-corrected chi connectivity index (χ4v) is 16.1. The minimum absolute atomic E-state index is 0.0130. The molecule has 0 aliphatic carbocycles. The third-order valence-electron chi connectivity index (χ3n) is 14.8. The van der Waals surface area contributed by atoms with Crippen molar-refractivity contribution >= 4 is 130 Å². The predicted octanol–water partition coefficient (Wildman–Crippen LogP) is 18.0. The normalized spacial score (nSPS) is 10.6. The van der Waals surface area contributed by atoms with E-state index in [2.05, 4.69) is 0 Å². The van der Waals surface area contributed by atoms with Gasteiger partial charge in [-0.2, -0.15) is 33.7 Å². The van der Waals surface area contributed by atoms with Crippen LogP contribution in [0, 0.1) is 55.4 Å². The summed E-state index contributed by atoms with van der Waals surface area (Å²) in [6, 6.07) is 79.3. The highest BCUT2D eigenvalue weighted by Crippen LogP contribution is 2.41. The van der Waals surface area contributed by atoms with Gasteiger partial charge in [-0.05, 0) is 213 Å². The van der Waals surface area contributed by atoms with Gasteiger partial charge in [-0.3, -0.25) is 18.2 Å². The predicted molar refractivity (Wildman–Crippen MR) is 450 cm³/mol. The van der Waals surface area contributed by atoms with Crippen LogP contribution in [0.5, 0.6) is 46.0 Å². The summed E-state index contributed by atoms with van der Waals surface area (Å²) >= 11 is 5.65. The van der Waals surface area contributed by atoms with E-state index in [4.69, 9.17) is 69.5 Å². The molecule has 4 N–H and O–H groups in total. The first-order valence-corrected chi connectivity index (χ1v) is 46.7. The van der Waals surface area contributed by atoms with Gasteiger partial charge in [0.1, 0.15) is 59.8 Å². The van der Waals surface area contributed by atoms with Crippen molar-refractivity contribution in [2.45, 2.75) is 114 Å². The number of benzene rings is 12. The second-order valence-electron chi connectivity index (χ2n) is 24.5. The molecule has 0 heterocycles. The van der Waals surface area contributed by atoms with E-state index in [-0.39, 0.29) is 36.8 Å². The van der Waals surface area contributed by atoms with Crippen LogP contribution in [0.4, 0.5) is 0 Å². The van der Waals surface area contributed by atoms with Crippen molar-refractivity contribution in [1.29, 1.82) is 0 Å². The topological polar surface area (TPSA) is 459 Å². The maximum Gasteiger partial charge on any atom is 0.425 e. The Morgan fingerprint density at radius 3 is 0.767 bits per heavy atom. The fourth-order valence-electron chi connectivity index (χ4n) is 9.27. The van der Waals surface area contributed by atoms with Crippen LogP contribution in [0.2, 0.25) is 0 Å². The van der Waals surface area contributed by atoms with E-state index < -0.39 is 82.9 Å². The summed E-state index contributed by atoms with van der Waals surface area (Å²) in [6.45, 7) is 15.8. The second kappa shape index (κ2) is 48.0. The fraction of sp³-hybridized carbons (Fsp3) is 0.100. The van der Waals surface area contributed by atoms with Crippen molar-refractivity contribution in [2.24, 2.45) is 0 Å². The third-order valence-corrected chi connectivity index (χ3v) is 22.8. The Labute approximate surface area is 716 Å². The zero-order chi connectivity index (χ0) is 89.2. The lowest BCUT2D eigenvalue weighted by Gasteiger charge is -2.12. The molecule has 0 amide bonds. The van der Waals surface area contributed by atoms with Gasteiger partial charge in [-0.25, -0.2) is 0 Å². The smallest absolute Gasteiger partial charge is 0.425 e. The molecule has 40 heteroatoms. The molecule has 0 fully saturated rings. The second-order valence-corrected chi connectivity index (χ2v) is 36.2. The summed E-state index contributed by atoms with van der Waals surface area (Å²) in [5.41, 5.74) is 8.89. The number of aryl methyl sites for hydroxylation is 8. The molecule has 12 aromatic rings. The highest BCUT2D eigenvalue weighted by atomic mass is 32.2. The molecule has 0 spiro atoms. The summed E-state index contributed by atoms with van der Waals surface area (Å²) in [5, 5.41) is 0. The zero-order valence-corrected chi connectivity index (χ0v) is 73.7. The molecule has 12 rings (SSSR count). The first kappa shape index (κ1) is 99.9. The highest BCUT2D eigenvalue weighted by Gasteiger charge is 2.23. The Balaban J connectivity index is 0.000000268. The van der Waals surface area contributed by atoms with Gasteiger partial charge in [0, 0.05) is 51.3 Å². The average Bonchev–Trinajstić information content (AvgIpc) is 0.834. The van der Waals surface area contributed by atoms with Crippen molar-refractivity contribution < 1.29 is 121 Å². The van der Waals surface area contributed by atoms with E-state index in [1.165, 1.54) is 83.3 Å². The molecule has 632 valence electrons. The molecular weight excluding hydrogens is 1790 g/mol. The van der Waals surface area contributed by atoms with E-state index >= 15 is 0 Å². The summed E-state index contributed by atoms with van der Waals surface area (Å²) < 4.78 is 256. The quantitative estimate of drug-likeness (QED) is 0.0515. The molecule has 0 radical (unpaired) electrons. The van der Waals surface area contributed by atoms with Gasteiger partial charge in [-0.1, -0.05) is 189 Å². The Kier molecular flexibility index (Phi) is 39.9. The largest absolute Gasteiger partial charge is 0.457 e. The van der Waals surface area contributed by atoms with Gasteiger partial charge >= 0.3 is 42.4 Å². The van der Waals surface area contributed by atoms with E-state index in [1.54, 1.807) is 72.4 Å². The zero-order valence-electron chi connectivity index (χ0n) is 63.9. The minimum atomic E-state index is -4.49. The van der Waals surface area contributed by atoms with Gasteiger partial charge in [0.15, 0.2) is 5.75 Å².